The van der Waals surface area contributed by atoms with Gasteiger partial charge in [-0.1, -0.05) is 41.9 Å². The molecule has 0 unspecified atom stereocenters. The van der Waals surface area contributed by atoms with Crippen LogP contribution in [0.5, 0.6) is 11.5 Å². The predicted octanol–water partition coefficient (Wildman–Crippen LogP) is 4.40. The van der Waals surface area contributed by atoms with E-state index in [2.05, 4.69) is 0 Å². The number of nitrogens with zero attached hydrogens (tertiary/aromatic N) is 1. The zero-order chi connectivity index (χ0) is 18.9. The van der Waals surface area contributed by atoms with Crippen molar-refractivity contribution in [1.82, 2.24) is 0 Å². The lowest BCUT2D eigenvalue weighted by atomic mass is 10.1. The Morgan fingerprint density at radius 1 is 1.27 bits per heavy atom. The number of nitriles is 1. The number of methoxy groups -OCH3 is 1. The summed E-state index contributed by atoms with van der Waals surface area (Å²) < 4.78 is 16.0. The maximum atomic E-state index is 11.7. The van der Waals surface area contributed by atoms with E-state index in [-0.39, 0.29) is 12.2 Å². The molecule has 26 heavy (non-hydrogen) atoms. The molecule has 5 nitrogen and oxygen atoms in total. The molecular weight excluding hydrogens is 354 g/mol. The summed E-state index contributed by atoms with van der Waals surface area (Å²) in [5.41, 5.74) is 1.40. The lowest BCUT2D eigenvalue weighted by Gasteiger charge is -2.13. The Balaban J connectivity index is 2.28. The van der Waals surface area contributed by atoms with Crippen molar-refractivity contribution >= 4 is 23.6 Å². The van der Waals surface area contributed by atoms with Crippen LogP contribution in [0.25, 0.3) is 6.08 Å². The number of benzene rings is 2. The number of esters is 1. The molecule has 134 valence electrons. The third-order valence-electron chi connectivity index (χ3n) is 3.40. The summed E-state index contributed by atoms with van der Waals surface area (Å²) in [6.07, 6.45) is 1.40. The van der Waals surface area contributed by atoms with Gasteiger partial charge in [0.05, 0.1) is 18.7 Å². The minimum Gasteiger partial charge on any atom is -0.493 e. The molecule has 0 saturated carbocycles. The van der Waals surface area contributed by atoms with E-state index in [1.165, 1.54) is 13.2 Å². The number of carbonyl (C=O) groups excluding carboxylic acids is 1. The standard InChI is InChI=1S/C20H18ClNO4/c1-3-25-20(23)16(12-22)9-15-10-17(21)19(18(11-15)24-2)26-13-14-7-5-4-6-8-14/h4-11H,3,13H2,1-2H3/b16-9+. The average Bonchev–Trinajstić information content (AvgIpc) is 2.65. The molecule has 0 aliphatic carbocycles. The minimum absolute atomic E-state index is 0.122. The Kier molecular flexibility index (Phi) is 7.07. The molecular formula is C20H18ClNO4. The smallest absolute Gasteiger partial charge is 0.348 e. The van der Waals surface area contributed by atoms with Crippen LogP contribution in [0.2, 0.25) is 5.02 Å². The van der Waals surface area contributed by atoms with E-state index in [0.29, 0.717) is 28.7 Å². The first-order valence-corrected chi connectivity index (χ1v) is 8.30. The molecule has 0 heterocycles. The van der Waals surface area contributed by atoms with Crippen LogP contribution in [-0.4, -0.2) is 19.7 Å². The first kappa shape index (κ1) is 19.4. The molecule has 6 heteroatoms. The molecule has 0 bridgehead atoms. The summed E-state index contributed by atoms with van der Waals surface area (Å²) in [5.74, 6) is 0.111. The van der Waals surface area contributed by atoms with Crippen LogP contribution in [0.3, 0.4) is 0 Å². The van der Waals surface area contributed by atoms with Gasteiger partial charge in [0.25, 0.3) is 0 Å². The zero-order valence-electron chi connectivity index (χ0n) is 14.5. The van der Waals surface area contributed by atoms with E-state index in [4.69, 9.17) is 31.1 Å². The molecule has 0 aliphatic rings. The Morgan fingerprint density at radius 2 is 2.00 bits per heavy atom. The summed E-state index contributed by atoms with van der Waals surface area (Å²) in [6.45, 7) is 2.19. The van der Waals surface area contributed by atoms with Crippen molar-refractivity contribution in [3.05, 3.63) is 64.2 Å². The van der Waals surface area contributed by atoms with E-state index in [1.807, 2.05) is 36.4 Å². The molecule has 0 spiro atoms. The Morgan fingerprint density at radius 3 is 2.62 bits per heavy atom. The molecule has 0 N–H and O–H groups in total. The van der Waals surface area contributed by atoms with E-state index >= 15 is 0 Å². The van der Waals surface area contributed by atoms with Gasteiger partial charge in [0, 0.05) is 0 Å². The molecule has 0 radical (unpaired) electrons. The second kappa shape index (κ2) is 9.50. The molecule has 0 aromatic heterocycles. The van der Waals surface area contributed by atoms with Crippen molar-refractivity contribution in [2.45, 2.75) is 13.5 Å². The largest absolute Gasteiger partial charge is 0.493 e. The molecule has 0 saturated heterocycles. The Bertz CT molecular complexity index is 841. The van der Waals surface area contributed by atoms with Gasteiger partial charge in [-0.25, -0.2) is 4.79 Å². The molecule has 2 aromatic carbocycles. The van der Waals surface area contributed by atoms with Gasteiger partial charge in [0.15, 0.2) is 11.5 Å². The van der Waals surface area contributed by atoms with Crippen molar-refractivity contribution < 1.29 is 19.0 Å². The van der Waals surface area contributed by atoms with Crippen LogP contribution >= 0.6 is 11.6 Å². The summed E-state index contributed by atoms with van der Waals surface area (Å²) in [4.78, 5) is 11.7. The number of hydrogen-bond donors (Lipinski definition) is 0. The fraction of sp³-hybridized carbons (Fsp3) is 0.200. The first-order chi connectivity index (χ1) is 12.6. The van der Waals surface area contributed by atoms with Crippen molar-refractivity contribution in [2.75, 3.05) is 13.7 Å². The number of halogens is 1. The molecule has 2 aromatic rings. The monoisotopic (exact) mass is 371 g/mol. The molecule has 0 atom stereocenters. The van der Waals surface area contributed by atoms with Crippen LogP contribution in [0.1, 0.15) is 18.1 Å². The Hall–Kier alpha value is -2.97. The van der Waals surface area contributed by atoms with Gasteiger partial charge in [-0.3, -0.25) is 0 Å². The van der Waals surface area contributed by atoms with Crippen molar-refractivity contribution in [3.63, 3.8) is 0 Å². The van der Waals surface area contributed by atoms with Crippen LogP contribution < -0.4 is 9.47 Å². The van der Waals surface area contributed by atoms with Gasteiger partial charge >= 0.3 is 5.97 Å². The van der Waals surface area contributed by atoms with E-state index in [0.717, 1.165) is 5.56 Å². The summed E-state index contributed by atoms with van der Waals surface area (Å²) in [6, 6.07) is 14.7. The molecule has 2 rings (SSSR count). The van der Waals surface area contributed by atoms with Crippen LogP contribution in [0, 0.1) is 11.3 Å². The fourth-order valence-corrected chi connectivity index (χ4v) is 2.48. The summed E-state index contributed by atoms with van der Waals surface area (Å²) in [5, 5.41) is 9.45. The highest BCUT2D eigenvalue weighted by molar-refractivity contribution is 6.32. The van der Waals surface area contributed by atoms with Gasteiger partial charge in [0.2, 0.25) is 0 Å². The van der Waals surface area contributed by atoms with Crippen molar-refractivity contribution in [3.8, 4) is 17.6 Å². The third-order valence-corrected chi connectivity index (χ3v) is 3.69. The van der Waals surface area contributed by atoms with Gasteiger partial charge in [-0.15, -0.1) is 0 Å². The van der Waals surface area contributed by atoms with E-state index < -0.39 is 5.97 Å². The maximum absolute atomic E-state index is 11.7. The van der Waals surface area contributed by atoms with Crippen LogP contribution in [0.4, 0.5) is 0 Å². The normalized spacial score (nSPS) is 10.8. The maximum Gasteiger partial charge on any atom is 0.348 e. The van der Waals surface area contributed by atoms with Crippen molar-refractivity contribution in [2.24, 2.45) is 0 Å². The zero-order valence-corrected chi connectivity index (χ0v) is 15.2. The highest BCUT2D eigenvalue weighted by Gasteiger charge is 2.14. The van der Waals surface area contributed by atoms with Gasteiger partial charge in [-0.2, -0.15) is 5.26 Å². The molecule has 0 aliphatic heterocycles. The SMILES string of the molecule is CCOC(=O)/C(C#N)=C/c1cc(Cl)c(OCc2ccccc2)c(OC)c1. The Labute approximate surface area is 157 Å². The first-order valence-electron chi connectivity index (χ1n) is 7.92. The number of rotatable bonds is 7. The summed E-state index contributed by atoms with van der Waals surface area (Å²) in [7, 11) is 1.49. The number of ether oxygens (including phenoxy) is 3. The van der Waals surface area contributed by atoms with Gasteiger partial charge in [0.1, 0.15) is 18.2 Å². The second-order valence-electron chi connectivity index (χ2n) is 5.20. The highest BCUT2D eigenvalue weighted by Crippen LogP contribution is 2.37. The second-order valence-corrected chi connectivity index (χ2v) is 5.61. The third kappa shape index (κ3) is 5.01. The molecule has 0 fully saturated rings. The highest BCUT2D eigenvalue weighted by atomic mass is 35.5. The van der Waals surface area contributed by atoms with Crippen LogP contribution in [-0.2, 0) is 16.1 Å². The topological polar surface area (TPSA) is 68.6 Å². The number of carbonyl (C=O) groups is 1. The van der Waals surface area contributed by atoms with Crippen molar-refractivity contribution in [1.29, 1.82) is 5.26 Å². The quantitative estimate of drug-likeness (QED) is 0.410. The van der Waals surface area contributed by atoms with E-state index in [1.54, 1.807) is 19.1 Å². The van der Waals surface area contributed by atoms with E-state index in [9.17, 15) is 4.79 Å². The summed E-state index contributed by atoms with van der Waals surface area (Å²) >= 11 is 6.31. The minimum atomic E-state index is -0.686. The predicted molar refractivity (Wildman–Crippen MR) is 99.0 cm³/mol. The molecule has 0 amide bonds. The van der Waals surface area contributed by atoms with Gasteiger partial charge < -0.3 is 14.2 Å². The van der Waals surface area contributed by atoms with Crippen LogP contribution in [0.15, 0.2) is 48.0 Å². The average molecular weight is 372 g/mol. The number of hydrogen-bond acceptors (Lipinski definition) is 5. The lowest BCUT2D eigenvalue weighted by Crippen LogP contribution is -2.06. The fourth-order valence-electron chi connectivity index (χ4n) is 2.21. The lowest BCUT2D eigenvalue weighted by molar-refractivity contribution is -0.137. The van der Waals surface area contributed by atoms with Gasteiger partial charge in [-0.05, 0) is 36.3 Å².